The highest BCUT2D eigenvalue weighted by atomic mass is 32.2. The minimum Gasteiger partial charge on any atom is -0.493 e. The van der Waals surface area contributed by atoms with Crippen molar-refractivity contribution in [2.45, 2.75) is 35.0 Å². The summed E-state index contributed by atoms with van der Waals surface area (Å²) in [5, 5.41) is 2.59. The maximum absolute atomic E-state index is 14.0. The second-order valence-electron chi connectivity index (χ2n) is 13.3. The van der Waals surface area contributed by atoms with Crippen molar-refractivity contribution >= 4 is 52.2 Å². The van der Waals surface area contributed by atoms with Gasteiger partial charge in [-0.3, -0.25) is 19.2 Å². The van der Waals surface area contributed by atoms with Gasteiger partial charge >= 0.3 is 17.2 Å². The number of thioether (sulfide) groups is 1. The number of hydrogen-bond acceptors (Lipinski definition) is 8. The zero-order chi connectivity index (χ0) is 37.6. The van der Waals surface area contributed by atoms with Gasteiger partial charge in [0.2, 0.25) is 11.8 Å². The van der Waals surface area contributed by atoms with E-state index >= 15 is 0 Å². The zero-order valence-electron chi connectivity index (χ0n) is 27.3. The molecule has 4 aromatic rings. The monoisotopic (exact) mass is 775 g/mol. The maximum Gasteiger partial charge on any atom is 0.418 e. The van der Waals surface area contributed by atoms with Crippen LogP contribution >= 0.6 is 23.1 Å². The number of nitrogens with one attached hydrogen (secondary N) is 2. The fourth-order valence-corrected chi connectivity index (χ4v) is 11.6. The Labute approximate surface area is 304 Å². The van der Waals surface area contributed by atoms with E-state index in [1.165, 1.54) is 49.2 Å². The number of carbonyl (C=O) groups excluding carboxylic acids is 3. The van der Waals surface area contributed by atoms with Crippen molar-refractivity contribution in [3.05, 3.63) is 98.0 Å². The summed E-state index contributed by atoms with van der Waals surface area (Å²) in [6.07, 6.45) is -8.98. The van der Waals surface area contributed by atoms with Crippen LogP contribution in [0, 0.1) is 29.6 Å². The number of fused-ring (bicyclic) bond motifs is 9. The van der Waals surface area contributed by atoms with E-state index in [1.807, 2.05) is 0 Å². The molecule has 3 aromatic carbocycles. The average molecular weight is 776 g/mol. The molecule has 2 aliphatic heterocycles. The molecular weight excluding hydrogens is 749 g/mol. The Morgan fingerprint density at radius 1 is 0.887 bits per heavy atom. The van der Waals surface area contributed by atoms with Gasteiger partial charge in [-0.25, -0.2) is 4.90 Å². The van der Waals surface area contributed by atoms with Crippen LogP contribution in [0.3, 0.4) is 0 Å². The second-order valence-corrected chi connectivity index (χ2v) is 15.5. The van der Waals surface area contributed by atoms with Gasteiger partial charge in [0.1, 0.15) is 0 Å². The minimum absolute atomic E-state index is 0.114. The van der Waals surface area contributed by atoms with Gasteiger partial charge in [-0.1, -0.05) is 41.7 Å². The van der Waals surface area contributed by atoms with Gasteiger partial charge in [-0.15, -0.1) is 11.8 Å². The van der Waals surface area contributed by atoms with Gasteiger partial charge < -0.3 is 19.8 Å². The Hall–Kier alpha value is -4.77. The number of imide groups is 1. The number of amides is 3. The molecule has 0 radical (unpaired) electrons. The number of rotatable bonds is 7. The molecule has 2 saturated carbocycles. The Morgan fingerprint density at radius 2 is 1.55 bits per heavy atom. The van der Waals surface area contributed by atoms with Crippen molar-refractivity contribution in [2.24, 2.45) is 29.6 Å². The lowest BCUT2D eigenvalue weighted by Crippen LogP contribution is -2.42. The summed E-state index contributed by atoms with van der Waals surface area (Å²) < 4.78 is 93.5. The summed E-state index contributed by atoms with van der Waals surface area (Å²) in [5.74, 6) is -5.01. The second kappa shape index (κ2) is 12.7. The number of ether oxygens (including phenoxy) is 2. The number of nitrogens with zero attached hydrogens (tertiary/aromatic N) is 1. The zero-order valence-corrected chi connectivity index (χ0v) is 28.9. The van der Waals surface area contributed by atoms with Crippen LogP contribution in [0.2, 0.25) is 0 Å². The fourth-order valence-electron chi connectivity index (χ4n) is 8.70. The van der Waals surface area contributed by atoms with E-state index in [-0.39, 0.29) is 39.4 Å². The Morgan fingerprint density at radius 3 is 2.25 bits per heavy atom. The van der Waals surface area contributed by atoms with Crippen LogP contribution < -0.4 is 24.6 Å². The average Bonchev–Trinajstić information content (AvgIpc) is 3.85. The van der Waals surface area contributed by atoms with Gasteiger partial charge in [0.05, 0.1) is 46.5 Å². The molecule has 4 unspecified atom stereocenters. The van der Waals surface area contributed by atoms with E-state index in [1.54, 1.807) is 12.1 Å². The van der Waals surface area contributed by atoms with Crippen LogP contribution in [-0.2, 0) is 26.7 Å². The number of halogens is 6. The predicted molar refractivity (Wildman–Crippen MR) is 181 cm³/mol. The van der Waals surface area contributed by atoms with Crippen molar-refractivity contribution in [1.29, 1.82) is 0 Å². The number of H-pyrrole nitrogens is 1. The molecule has 276 valence electrons. The third kappa shape index (κ3) is 5.79. The molecule has 7 atom stereocenters. The van der Waals surface area contributed by atoms with Crippen LogP contribution in [0.25, 0.3) is 0 Å². The van der Waals surface area contributed by atoms with Crippen molar-refractivity contribution < 1.29 is 50.2 Å². The summed E-state index contributed by atoms with van der Waals surface area (Å²) in [7, 11) is 1.36. The van der Waals surface area contributed by atoms with Gasteiger partial charge in [0.15, 0.2) is 18.1 Å². The van der Waals surface area contributed by atoms with Gasteiger partial charge in [-0.05, 0) is 66.1 Å². The van der Waals surface area contributed by atoms with Crippen LogP contribution in [0.15, 0.2) is 76.6 Å². The number of hydrogen-bond donors (Lipinski definition) is 2. The van der Waals surface area contributed by atoms with E-state index < -0.39 is 76.9 Å². The number of para-hydroxylation sites is 2. The molecule has 9 nitrogen and oxygen atoms in total. The normalized spacial score (nSPS) is 25.9. The van der Waals surface area contributed by atoms with Crippen molar-refractivity contribution in [2.75, 3.05) is 23.9 Å². The SMILES string of the molecule is COc1cc([C@H]2c3sc(=O)[nH]c3SC3C2[C@H]2C[C@@H]3C3C(=O)N(c4ccccc4C(F)(F)F)C(=O)C32)ccc1OCC(=O)Nc1ccccc1C(F)(F)F. The summed E-state index contributed by atoms with van der Waals surface area (Å²) >= 11 is 2.43. The molecule has 4 aliphatic rings. The third-order valence-corrected chi connectivity index (χ3v) is 13.2. The maximum atomic E-state index is 14.0. The summed E-state index contributed by atoms with van der Waals surface area (Å²) in [4.78, 5) is 57.3. The van der Waals surface area contributed by atoms with Crippen molar-refractivity contribution in [3.63, 3.8) is 0 Å². The van der Waals surface area contributed by atoms with Crippen molar-refractivity contribution in [3.8, 4) is 11.5 Å². The highest BCUT2D eigenvalue weighted by molar-refractivity contribution is 8.00. The lowest BCUT2D eigenvalue weighted by molar-refractivity contribution is -0.138. The standard InChI is InChI=1S/C36H27F6N3O6S2/c1-50-23-12-15(10-11-22(23)51-14-24(46)43-20-8-4-2-6-18(20)35(37,38)39)25-26-16-13-17(29(26)52-31-30(25)53-34(49)44-31)28-27(16)32(47)45(33(28)48)21-9-5-3-7-19(21)36(40,41)42/h2-12,16-17,25-29H,13-14H2,1H3,(H,43,46)(H,44,49)/t16-,17-,25-,26?,27?,28?,29?/m1/s1. The Balaban J connectivity index is 1.09. The molecule has 3 heterocycles. The summed E-state index contributed by atoms with van der Waals surface area (Å²) in [6.45, 7) is -0.646. The number of aromatic amines is 1. The first kappa shape index (κ1) is 35.3. The fraction of sp³-hybridized carbons (Fsp3) is 0.333. The van der Waals surface area contributed by atoms with E-state index in [4.69, 9.17) is 9.47 Å². The van der Waals surface area contributed by atoms with Crippen molar-refractivity contribution in [1.82, 2.24) is 4.98 Å². The molecule has 1 saturated heterocycles. The largest absolute Gasteiger partial charge is 0.493 e. The third-order valence-electron chi connectivity index (χ3n) is 10.6. The highest BCUT2D eigenvalue weighted by Gasteiger charge is 2.70. The first-order chi connectivity index (χ1) is 25.2. The number of anilines is 2. The van der Waals surface area contributed by atoms with Crippen LogP contribution in [0.4, 0.5) is 37.7 Å². The predicted octanol–water partition coefficient (Wildman–Crippen LogP) is 7.18. The molecule has 53 heavy (non-hydrogen) atoms. The number of aromatic nitrogens is 1. The number of methoxy groups -OCH3 is 1. The van der Waals surface area contributed by atoms with Crippen LogP contribution in [0.1, 0.15) is 33.9 Å². The molecule has 3 fully saturated rings. The molecule has 2 N–H and O–H groups in total. The van der Waals surface area contributed by atoms with E-state index in [0.29, 0.717) is 26.8 Å². The quantitative estimate of drug-likeness (QED) is 0.151. The van der Waals surface area contributed by atoms with Gasteiger partial charge in [0, 0.05) is 16.0 Å². The van der Waals surface area contributed by atoms with E-state index in [9.17, 15) is 45.5 Å². The summed E-state index contributed by atoms with van der Waals surface area (Å²) in [6, 6.07) is 14.0. The minimum atomic E-state index is -4.79. The molecule has 0 spiro atoms. The highest BCUT2D eigenvalue weighted by Crippen LogP contribution is 2.69. The molecule has 3 amide bonds. The van der Waals surface area contributed by atoms with Gasteiger partial charge in [-0.2, -0.15) is 26.3 Å². The lowest BCUT2D eigenvalue weighted by atomic mass is 9.68. The molecular formula is C36H27F6N3O6S2. The number of alkyl halides is 6. The van der Waals surface area contributed by atoms with E-state index in [2.05, 4.69) is 10.3 Å². The molecule has 8 rings (SSSR count). The molecule has 2 bridgehead atoms. The number of carbonyl (C=O) groups is 3. The lowest BCUT2D eigenvalue weighted by Gasteiger charge is -2.43. The number of thiazole rings is 1. The molecule has 1 aromatic heterocycles. The topological polar surface area (TPSA) is 118 Å². The van der Waals surface area contributed by atoms with Crippen LogP contribution in [0.5, 0.6) is 11.5 Å². The van der Waals surface area contributed by atoms with E-state index in [0.717, 1.165) is 35.6 Å². The first-order valence-electron chi connectivity index (χ1n) is 16.4. The van der Waals surface area contributed by atoms with Crippen LogP contribution in [-0.4, -0.2) is 41.7 Å². The number of benzene rings is 3. The molecule has 17 heteroatoms. The Bertz CT molecular complexity index is 2220. The smallest absolute Gasteiger partial charge is 0.418 e. The Kier molecular flexibility index (Phi) is 8.44. The van der Waals surface area contributed by atoms with Gasteiger partial charge in [0.25, 0.3) is 5.91 Å². The first-order valence-corrected chi connectivity index (χ1v) is 18.1. The molecule has 2 aliphatic carbocycles. The summed E-state index contributed by atoms with van der Waals surface area (Å²) in [5.41, 5.74) is -2.33.